The van der Waals surface area contributed by atoms with Crippen LogP contribution >= 0.6 is 0 Å². The second-order valence-electron chi connectivity index (χ2n) is 6.73. The summed E-state index contributed by atoms with van der Waals surface area (Å²) in [6.07, 6.45) is 0.867. The van der Waals surface area contributed by atoms with Crippen LogP contribution in [0.5, 0.6) is 5.75 Å². The van der Waals surface area contributed by atoms with E-state index in [4.69, 9.17) is 9.15 Å². The Labute approximate surface area is 153 Å². The van der Waals surface area contributed by atoms with Gasteiger partial charge in [0.2, 0.25) is 0 Å². The average molecular weight is 347 g/mol. The Morgan fingerprint density at radius 1 is 1.15 bits per heavy atom. The molecule has 3 aromatic rings. The van der Waals surface area contributed by atoms with E-state index < -0.39 is 0 Å². The molecule has 1 aromatic heterocycles. The smallest absolute Gasteiger partial charge is 0.294 e. The lowest BCUT2D eigenvalue weighted by atomic mass is 10.1. The maximum Gasteiger partial charge on any atom is 0.294 e. The van der Waals surface area contributed by atoms with Gasteiger partial charge in [0.1, 0.15) is 18.1 Å². The van der Waals surface area contributed by atoms with Crippen LogP contribution < -0.4 is 9.64 Å². The van der Waals surface area contributed by atoms with Gasteiger partial charge < -0.3 is 14.1 Å². The molecule has 1 aliphatic rings. The summed E-state index contributed by atoms with van der Waals surface area (Å²) in [5.41, 5.74) is 3.31. The molecule has 132 valence electrons. The molecule has 1 aliphatic heterocycles. The summed E-state index contributed by atoms with van der Waals surface area (Å²) >= 11 is 0. The Kier molecular flexibility index (Phi) is 4.25. The lowest BCUT2D eigenvalue weighted by molar-refractivity contribution is 0.0950. The molecule has 1 amide bonds. The average Bonchev–Trinajstić information content (AvgIpc) is 3.23. The number of ether oxygens (including phenoxy) is 1. The summed E-state index contributed by atoms with van der Waals surface area (Å²) in [5, 5.41) is 0. The topological polar surface area (TPSA) is 42.7 Å². The molecule has 4 rings (SSSR count). The number of fused-ring (bicyclic) bond motifs is 1. The molecule has 0 radical (unpaired) electrons. The lowest BCUT2D eigenvalue weighted by Gasteiger charge is -2.21. The zero-order valence-electron chi connectivity index (χ0n) is 14.9. The number of rotatable bonds is 4. The van der Waals surface area contributed by atoms with Crippen molar-refractivity contribution in [3.8, 4) is 5.75 Å². The first-order valence-corrected chi connectivity index (χ1v) is 8.81. The minimum absolute atomic E-state index is 0.107. The molecule has 1 unspecified atom stereocenters. The first kappa shape index (κ1) is 16.5. The zero-order valence-corrected chi connectivity index (χ0v) is 14.9. The number of para-hydroxylation sites is 1. The Balaban J connectivity index is 1.48. The molecular formula is C22H21NO3. The summed E-state index contributed by atoms with van der Waals surface area (Å²) in [6, 6.07) is 19.5. The summed E-state index contributed by atoms with van der Waals surface area (Å²) < 4.78 is 11.5. The first-order chi connectivity index (χ1) is 12.6. The van der Waals surface area contributed by atoms with Crippen molar-refractivity contribution < 1.29 is 13.9 Å². The number of carbonyl (C=O) groups excluding carboxylic acids is 1. The second kappa shape index (κ2) is 6.71. The van der Waals surface area contributed by atoms with Gasteiger partial charge in [-0.25, -0.2) is 0 Å². The van der Waals surface area contributed by atoms with E-state index in [2.05, 4.69) is 13.0 Å². The van der Waals surface area contributed by atoms with Crippen molar-refractivity contribution in [3.63, 3.8) is 0 Å². The Morgan fingerprint density at radius 2 is 2.00 bits per heavy atom. The fourth-order valence-corrected chi connectivity index (χ4v) is 3.42. The van der Waals surface area contributed by atoms with E-state index >= 15 is 0 Å². The van der Waals surface area contributed by atoms with Crippen LogP contribution in [0.4, 0.5) is 5.69 Å². The fraction of sp³-hybridized carbons (Fsp3) is 0.227. The van der Waals surface area contributed by atoms with Crippen molar-refractivity contribution in [3.05, 3.63) is 83.3 Å². The monoisotopic (exact) mass is 347 g/mol. The van der Waals surface area contributed by atoms with E-state index in [1.807, 2.05) is 54.3 Å². The number of nitrogens with zero attached hydrogens (tertiary/aromatic N) is 1. The van der Waals surface area contributed by atoms with Crippen LogP contribution in [0.25, 0.3) is 0 Å². The van der Waals surface area contributed by atoms with Crippen molar-refractivity contribution in [1.29, 1.82) is 0 Å². The molecule has 2 aromatic carbocycles. The third-order valence-electron chi connectivity index (χ3n) is 4.67. The largest absolute Gasteiger partial charge is 0.486 e. The second-order valence-corrected chi connectivity index (χ2v) is 6.73. The van der Waals surface area contributed by atoms with Crippen molar-refractivity contribution in [2.45, 2.75) is 32.9 Å². The van der Waals surface area contributed by atoms with Gasteiger partial charge in [-0.1, -0.05) is 30.3 Å². The van der Waals surface area contributed by atoms with E-state index in [0.717, 1.165) is 23.4 Å². The maximum absolute atomic E-state index is 12.9. The number of anilines is 1. The molecule has 4 nitrogen and oxygen atoms in total. The molecular weight excluding hydrogens is 326 g/mol. The normalized spacial score (nSPS) is 15.8. The van der Waals surface area contributed by atoms with E-state index in [1.165, 1.54) is 5.56 Å². The number of furan rings is 1. The van der Waals surface area contributed by atoms with Crippen LogP contribution in [0.3, 0.4) is 0 Å². The van der Waals surface area contributed by atoms with E-state index in [1.54, 1.807) is 12.1 Å². The Morgan fingerprint density at radius 3 is 2.85 bits per heavy atom. The van der Waals surface area contributed by atoms with Crippen molar-refractivity contribution in [1.82, 2.24) is 0 Å². The predicted molar refractivity (Wildman–Crippen MR) is 101 cm³/mol. The van der Waals surface area contributed by atoms with Crippen molar-refractivity contribution in [2.75, 3.05) is 4.90 Å². The number of hydrogen-bond acceptors (Lipinski definition) is 3. The highest BCUT2D eigenvalue weighted by Crippen LogP contribution is 2.33. The molecule has 0 fully saturated rings. The summed E-state index contributed by atoms with van der Waals surface area (Å²) in [5.74, 6) is 1.66. The predicted octanol–water partition coefficient (Wildman–Crippen LogP) is 4.76. The standard InChI is InChI=1S/C22H21NO3/c1-15-6-5-8-18(12-15)25-14-19-10-11-21(26-19)22(24)23-16(2)13-17-7-3-4-9-20(17)23/h3-12,16H,13-14H2,1-2H3. The molecule has 4 heteroatoms. The highest BCUT2D eigenvalue weighted by Gasteiger charge is 2.32. The van der Waals surface area contributed by atoms with Gasteiger partial charge in [0.05, 0.1) is 0 Å². The van der Waals surface area contributed by atoms with Gasteiger partial charge in [0.15, 0.2) is 5.76 Å². The number of carbonyl (C=O) groups is 1. The van der Waals surface area contributed by atoms with Crippen LogP contribution in [0.15, 0.2) is 65.1 Å². The molecule has 0 aliphatic carbocycles. The molecule has 0 saturated carbocycles. The van der Waals surface area contributed by atoms with E-state index in [0.29, 0.717) is 18.1 Å². The maximum atomic E-state index is 12.9. The number of aryl methyl sites for hydroxylation is 1. The van der Waals surface area contributed by atoms with Crippen LogP contribution in [0.2, 0.25) is 0 Å². The van der Waals surface area contributed by atoms with Gasteiger partial charge >= 0.3 is 0 Å². The molecule has 0 bridgehead atoms. The molecule has 0 N–H and O–H groups in total. The highest BCUT2D eigenvalue weighted by molar-refractivity contribution is 6.06. The van der Waals surface area contributed by atoms with Crippen LogP contribution in [-0.2, 0) is 13.0 Å². The van der Waals surface area contributed by atoms with Gasteiger partial charge in [0, 0.05) is 11.7 Å². The van der Waals surface area contributed by atoms with Gasteiger partial charge in [0.25, 0.3) is 5.91 Å². The molecule has 1 atom stereocenters. The fourth-order valence-electron chi connectivity index (χ4n) is 3.42. The van der Waals surface area contributed by atoms with Gasteiger partial charge in [-0.2, -0.15) is 0 Å². The molecule has 0 spiro atoms. The van der Waals surface area contributed by atoms with E-state index in [9.17, 15) is 4.79 Å². The quantitative estimate of drug-likeness (QED) is 0.683. The number of amides is 1. The number of benzene rings is 2. The molecule has 26 heavy (non-hydrogen) atoms. The Hall–Kier alpha value is -3.01. The number of hydrogen-bond donors (Lipinski definition) is 0. The molecule has 2 heterocycles. The minimum Gasteiger partial charge on any atom is -0.486 e. The van der Waals surface area contributed by atoms with Crippen LogP contribution in [0.1, 0.15) is 34.4 Å². The van der Waals surface area contributed by atoms with Crippen molar-refractivity contribution in [2.24, 2.45) is 0 Å². The first-order valence-electron chi connectivity index (χ1n) is 8.81. The SMILES string of the molecule is Cc1cccc(OCc2ccc(C(=O)N3c4ccccc4CC3C)o2)c1. The highest BCUT2D eigenvalue weighted by atomic mass is 16.5. The van der Waals surface area contributed by atoms with Gasteiger partial charge in [-0.3, -0.25) is 4.79 Å². The van der Waals surface area contributed by atoms with Gasteiger partial charge in [-0.05, 0) is 61.7 Å². The summed E-state index contributed by atoms with van der Waals surface area (Å²) in [4.78, 5) is 14.8. The molecule has 0 saturated heterocycles. The minimum atomic E-state index is -0.107. The summed E-state index contributed by atoms with van der Waals surface area (Å²) in [6.45, 7) is 4.37. The Bertz CT molecular complexity index is 944. The third kappa shape index (κ3) is 3.10. The zero-order chi connectivity index (χ0) is 18.1. The van der Waals surface area contributed by atoms with E-state index in [-0.39, 0.29) is 11.9 Å². The third-order valence-corrected chi connectivity index (χ3v) is 4.67. The van der Waals surface area contributed by atoms with Crippen LogP contribution in [0, 0.1) is 6.92 Å². The lowest BCUT2D eigenvalue weighted by Crippen LogP contribution is -2.35. The van der Waals surface area contributed by atoms with Crippen molar-refractivity contribution >= 4 is 11.6 Å². The summed E-state index contributed by atoms with van der Waals surface area (Å²) in [7, 11) is 0. The van der Waals surface area contributed by atoms with Gasteiger partial charge in [-0.15, -0.1) is 0 Å². The van der Waals surface area contributed by atoms with Crippen LogP contribution in [-0.4, -0.2) is 11.9 Å².